The van der Waals surface area contributed by atoms with Crippen LogP contribution < -0.4 is 0 Å². The smallest absolute Gasteiger partial charge is 0.289 e. The summed E-state index contributed by atoms with van der Waals surface area (Å²) >= 11 is 6.57. The van der Waals surface area contributed by atoms with Crippen LogP contribution in [0.15, 0.2) is 70.1 Å². The van der Waals surface area contributed by atoms with Crippen molar-refractivity contribution in [3.05, 3.63) is 89.6 Å². The van der Waals surface area contributed by atoms with Gasteiger partial charge in [-0.2, -0.15) is 0 Å². The van der Waals surface area contributed by atoms with Crippen LogP contribution in [0.5, 0.6) is 0 Å². The fourth-order valence-corrected chi connectivity index (χ4v) is 6.42. The van der Waals surface area contributed by atoms with Crippen molar-refractivity contribution in [2.24, 2.45) is 0 Å². The molecule has 0 amide bonds. The molecular formula is C22H18O3S4. The number of rotatable bonds is 6. The Balaban J connectivity index is 1.74. The van der Waals surface area contributed by atoms with Gasteiger partial charge < -0.3 is 14.2 Å². The third kappa shape index (κ3) is 3.37. The van der Waals surface area contributed by atoms with Gasteiger partial charge in [0.15, 0.2) is 11.5 Å². The lowest BCUT2D eigenvalue weighted by Gasteiger charge is -2.43. The molecule has 1 aliphatic rings. The maximum atomic E-state index is 6.84. The Kier molecular flexibility index (Phi) is 5.32. The molecule has 0 aliphatic carbocycles. The topological polar surface area (TPSA) is 27.7 Å². The van der Waals surface area contributed by atoms with E-state index in [1.807, 2.05) is 36.6 Å². The van der Waals surface area contributed by atoms with Gasteiger partial charge in [0.05, 0.1) is 19.5 Å². The van der Waals surface area contributed by atoms with E-state index in [1.165, 1.54) is 0 Å². The van der Waals surface area contributed by atoms with Crippen LogP contribution in [-0.4, -0.2) is 6.61 Å². The van der Waals surface area contributed by atoms with E-state index in [1.54, 1.807) is 45.3 Å². The molecule has 0 unspecified atom stereocenters. The fraction of sp³-hybridized carbons (Fsp3) is 0.182. The van der Waals surface area contributed by atoms with Crippen molar-refractivity contribution in [1.82, 2.24) is 0 Å². The summed E-state index contributed by atoms with van der Waals surface area (Å²) in [4.78, 5) is 4.15. The minimum absolute atomic E-state index is 0.401. The van der Waals surface area contributed by atoms with Crippen molar-refractivity contribution < 1.29 is 14.2 Å². The maximum absolute atomic E-state index is 6.84. The van der Waals surface area contributed by atoms with Crippen LogP contribution in [-0.2, 0) is 20.0 Å². The molecule has 0 N–H and O–H groups in total. The molecule has 2 atom stereocenters. The first-order valence-electron chi connectivity index (χ1n) is 9.21. The molecule has 5 rings (SSSR count). The molecule has 0 radical (unpaired) electrons. The van der Waals surface area contributed by atoms with Crippen LogP contribution in [0.25, 0.3) is 11.5 Å². The number of ether oxygens (including phenoxy) is 3. The Bertz CT molecular complexity index is 1060. The molecule has 7 heteroatoms. The van der Waals surface area contributed by atoms with Gasteiger partial charge in [0.25, 0.3) is 5.79 Å². The van der Waals surface area contributed by atoms with Crippen molar-refractivity contribution in [3.63, 3.8) is 0 Å². The van der Waals surface area contributed by atoms with Crippen molar-refractivity contribution in [1.29, 1.82) is 0 Å². The van der Waals surface area contributed by atoms with Crippen molar-refractivity contribution in [2.45, 2.75) is 18.8 Å². The van der Waals surface area contributed by atoms with E-state index in [2.05, 4.69) is 40.4 Å². The summed E-state index contributed by atoms with van der Waals surface area (Å²) in [6, 6.07) is 16.4. The first-order chi connectivity index (χ1) is 14.3. The molecular weight excluding hydrogens is 441 g/mol. The van der Waals surface area contributed by atoms with Gasteiger partial charge in [0.1, 0.15) is 0 Å². The van der Waals surface area contributed by atoms with E-state index < -0.39 is 11.9 Å². The van der Waals surface area contributed by atoms with Gasteiger partial charge in [-0.25, -0.2) is 0 Å². The van der Waals surface area contributed by atoms with Gasteiger partial charge in [0.2, 0.25) is 6.10 Å². The molecule has 5 heterocycles. The van der Waals surface area contributed by atoms with Crippen LogP contribution in [0, 0.1) is 0 Å². The molecule has 4 aromatic heterocycles. The molecule has 0 fully saturated rings. The fourth-order valence-electron chi connectivity index (χ4n) is 3.38. The summed E-state index contributed by atoms with van der Waals surface area (Å²) in [5.41, 5.74) is 0. The number of thiophene rings is 4. The zero-order valence-corrected chi connectivity index (χ0v) is 18.8. The van der Waals surface area contributed by atoms with Gasteiger partial charge in [0, 0.05) is 6.61 Å². The minimum atomic E-state index is -1.03. The lowest BCUT2D eigenvalue weighted by molar-refractivity contribution is -0.268. The highest BCUT2D eigenvalue weighted by molar-refractivity contribution is 7.12. The Morgan fingerprint density at radius 1 is 0.828 bits per heavy atom. The van der Waals surface area contributed by atoms with E-state index in [-0.39, 0.29) is 0 Å². The maximum Gasteiger partial charge on any atom is 0.289 e. The molecule has 0 aromatic carbocycles. The highest BCUT2D eigenvalue weighted by Gasteiger charge is 2.53. The van der Waals surface area contributed by atoms with E-state index >= 15 is 0 Å². The highest BCUT2D eigenvalue weighted by Crippen LogP contribution is 2.55. The summed E-state index contributed by atoms with van der Waals surface area (Å²) in [7, 11) is 0. The summed E-state index contributed by atoms with van der Waals surface area (Å²) in [6.07, 6.45) is -0.401. The summed E-state index contributed by atoms with van der Waals surface area (Å²) < 4.78 is 20.0. The van der Waals surface area contributed by atoms with Gasteiger partial charge in [-0.05, 0) is 52.7 Å². The second-order valence-electron chi connectivity index (χ2n) is 6.31. The van der Waals surface area contributed by atoms with E-state index in [4.69, 9.17) is 14.2 Å². The molecule has 1 aliphatic heterocycles. The Hall–Kier alpha value is -1.90. The lowest BCUT2D eigenvalue weighted by Crippen LogP contribution is -2.42. The first kappa shape index (κ1) is 19.1. The zero-order valence-electron chi connectivity index (χ0n) is 15.6. The van der Waals surface area contributed by atoms with Crippen LogP contribution in [0.2, 0.25) is 0 Å². The van der Waals surface area contributed by atoms with Crippen LogP contribution >= 0.6 is 45.3 Å². The summed E-state index contributed by atoms with van der Waals surface area (Å²) in [5, 5.41) is 8.22. The molecule has 0 saturated heterocycles. The van der Waals surface area contributed by atoms with E-state index in [0.29, 0.717) is 6.61 Å². The van der Waals surface area contributed by atoms with Crippen LogP contribution in [0.1, 0.15) is 32.5 Å². The van der Waals surface area contributed by atoms with Crippen molar-refractivity contribution in [3.8, 4) is 0 Å². The summed E-state index contributed by atoms with van der Waals surface area (Å²) in [5.74, 6) is 0.471. The number of hydrogen-bond acceptors (Lipinski definition) is 7. The van der Waals surface area contributed by atoms with E-state index in [9.17, 15) is 0 Å². The lowest BCUT2D eigenvalue weighted by atomic mass is 10.0. The van der Waals surface area contributed by atoms with Gasteiger partial charge in [-0.1, -0.05) is 24.3 Å². The summed E-state index contributed by atoms with van der Waals surface area (Å²) in [6.45, 7) is 2.50. The first-order valence-corrected chi connectivity index (χ1v) is 12.7. The third-order valence-corrected chi connectivity index (χ3v) is 8.18. The molecule has 0 bridgehead atoms. The monoisotopic (exact) mass is 458 g/mol. The van der Waals surface area contributed by atoms with Gasteiger partial charge in [-0.3, -0.25) is 0 Å². The number of hydrogen-bond donors (Lipinski definition) is 0. The van der Waals surface area contributed by atoms with Crippen molar-refractivity contribution >= 4 is 56.9 Å². The SMILES string of the molecule is CCO[C@@]1(c2cccs2)OC(c2cccs2)=C(c2cccs2)O[C@@H]1c1cccs1. The molecule has 0 spiro atoms. The Labute approximate surface area is 185 Å². The minimum Gasteiger partial charge on any atom is -0.472 e. The predicted octanol–water partition coefficient (Wildman–Crippen LogP) is 7.44. The van der Waals surface area contributed by atoms with Crippen LogP contribution in [0.3, 0.4) is 0 Å². The van der Waals surface area contributed by atoms with Crippen molar-refractivity contribution in [2.75, 3.05) is 6.61 Å². The average Bonchev–Trinajstić information content (AvgIpc) is 3.55. The average molecular weight is 459 g/mol. The highest BCUT2D eigenvalue weighted by atomic mass is 32.1. The largest absolute Gasteiger partial charge is 0.472 e. The molecule has 4 aromatic rings. The quantitative estimate of drug-likeness (QED) is 0.300. The Morgan fingerprint density at radius 2 is 1.48 bits per heavy atom. The molecule has 3 nitrogen and oxygen atoms in total. The zero-order chi connectivity index (χ0) is 19.7. The van der Waals surface area contributed by atoms with Gasteiger partial charge >= 0.3 is 0 Å². The molecule has 148 valence electrons. The Morgan fingerprint density at radius 3 is 2.07 bits per heavy atom. The normalized spacial score (nSPS) is 21.8. The van der Waals surface area contributed by atoms with E-state index in [0.717, 1.165) is 31.0 Å². The second-order valence-corrected chi connectivity index (χ2v) is 10.1. The second kappa shape index (κ2) is 8.08. The molecule has 0 saturated carbocycles. The van der Waals surface area contributed by atoms with Crippen LogP contribution in [0.4, 0.5) is 0 Å². The van der Waals surface area contributed by atoms with Gasteiger partial charge in [-0.15, -0.1) is 45.3 Å². The third-order valence-electron chi connectivity index (χ3n) is 4.56. The predicted molar refractivity (Wildman–Crippen MR) is 122 cm³/mol. The standard InChI is InChI=1S/C22H18O3S4/c1-2-23-22(18-10-6-14-29-18)21(17-9-5-13-28-17)24-19(15-7-3-11-26-15)20(25-22)16-8-4-12-27-16/h3-14,21H,2H2,1H3/t21-,22+/m1/s1. The molecule has 29 heavy (non-hydrogen) atoms.